The third kappa shape index (κ3) is 6.10. The number of aliphatic carboxylic acids is 1. The van der Waals surface area contributed by atoms with Crippen LogP contribution in [0.3, 0.4) is 0 Å². The molecule has 106 valence electrons. The predicted molar refractivity (Wildman–Crippen MR) is 72.9 cm³/mol. The summed E-state index contributed by atoms with van der Waals surface area (Å²) in [5, 5.41) is 8.64. The van der Waals surface area contributed by atoms with Crippen molar-refractivity contribution in [3.05, 3.63) is 24.3 Å². The molecule has 5 heteroatoms. The van der Waals surface area contributed by atoms with Gasteiger partial charge in [-0.15, -0.1) is 0 Å². The standard InChI is InChI=1S/C14H21NO4/c1-3-15(9-8-14(16)17)10-11-19-13-6-4-12(18-2)5-7-13/h4-7H,3,8-11H2,1-2H3,(H,16,17). The highest BCUT2D eigenvalue weighted by atomic mass is 16.5. The van der Waals surface area contributed by atoms with Gasteiger partial charge in [0.2, 0.25) is 0 Å². The third-order valence-electron chi connectivity index (χ3n) is 2.82. The highest BCUT2D eigenvalue weighted by Crippen LogP contribution is 2.16. The molecule has 0 aliphatic rings. The third-order valence-corrected chi connectivity index (χ3v) is 2.82. The Labute approximate surface area is 113 Å². The zero-order chi connectivity index (χ0) is 14.1. The number of rotatable bonds is 9. The van der Waals surface area contributed by atoms with Crippen LogP contribution in [-0.4, -0.2) is 49.3 Å². The first-order chi connectivity index (χ1) is 9.15. The number of carboxylic acid groups (broad SMARTS) is 1. The molecule has 1 rings (SSSR count). The van der Waals surface area contributed by atoms with E-state index in [4.69, 9.17) is 14.6 Å². The minimum absolute atomic E-state index is 0.163. The average molecular weight is 267 g/mol. The first-order valence-corrected chi connectivity index (χ1v) is 6.36. The van der Waals surface area contributed by atoms with Gasteiger partial charge in [-0.3, -0.25) is 9.69 Å². The van der Waals surface area contributed by atoms with Gasteiger partial charge < -0.3 is 14.6 Å². The first-order valence-electron chi connectivity index (χ1n) is 6.36. The number of hydrogen-bond donors (Lipinski definition) is 1. The molecule has 0 atom stereocenters. The molecule has 0 saturated carbocycles. The summed E-state index contributed by atoms with van der Waals surface area (Å²) in [6.07, 6.45) is 0.163. The number of benzene rings is 1. The fraction of sp³-hybridized carbons (Fsp3) is 0.500. The highest BCUT2D eigenvalue weighted by molar-refractivity contribution is 5.66. The van der Waals surface area contributed by atoms with E-state index in [9.17, 15) is 4.79 Å². The number of methoxy groups -OCH3 is 1. The van der Waals surface area contributed by atoms with Crippen molar-refractivity contribution in [2.45, 2.75) is 13.3 Å². The van der Waals surface area contributed by atoms with Crippen molar-refractivity contribution in [2.75, 3.05) is 33.4 Å². The fourth-order valence-corrected chi connectivity index (χ4v) is 1.65. The Hall–Kier alpha value is -1.75. The van der Waals surface area contributed by atoms with E-state index in [0.717, 1.165) is 24.6 Å². The largest absolute Gasteiger partial charge is 0.497 e. The number of likely N-dealkylation sites (N-methyl/N-ethyl adjacent to an activating group) is 1. The van der Waals surface area contributed by atoms with Crippen molar-refractivity contribution in [3.8, 4) is 11.5 Å². The van der Waals surface area contributed by atoms with E-state index < -0.39 is 5.97 Å². The molecular formula is C14H21NO4. The molecule has 1 aromatic rings. The number of nitrogens with zero attached hydrogens (tertiary/aromatic N) is 1. The van der Waals surface area contributed by atoms with Crippen molar-refractivity contribution in [2.24, 2.45) is 0 Å². The Morgan fingerprint density at radius 3 is 2.37 bits per heavy atom. The quantitative estimate of drug-likeness (QED) is 0.740. The van der Waals surface area contributed by atoms with Gasteiger partial charge in [0.05, 0.1) is 13.5 Å². The highest BCUT2D eigenvalue weighted by Gasteiger charge is 2.05. The van der Waals surface area contributed by atoms with Gasteiger partial charge in [-0.25, -0.2) is 0 Å². The van der Waals surface area contributed by atoms with Gasteiger partial charge in [0, 0.05) is 13.1 Å². The molecule has 1 N–H and O–H groups in total. The summed E-state index contributed by atoms with van der Waals surface area (Å²) in [5.41, 5.74) is 0. The molecule has 0 amide bonds. The van der Waals surface area contributed by atoms with E-state index in [1.165, 1.54) is 0 Å². The molecule has 1 aromatic carbocycles. The van der Waals surface area contributed by atoms with E-state index in [-0.39, 0.29) is 6.42 Å². The van der Waals surface area contributed by atoms with Crippen LogP contribution in [-0.2, 0) is 4.79 Å². The van der Waals surface area contributed by atoms with Crippen LogP contribution in [0, 0.1) is 0 Å². The maximum Gasteiger partial charge on any atom is 0.304 e. The second-order valence-corrected chi connectivity index (χ2v) is 4.10. The summed E-state index contributed by atoms with van der Waals surface area (Å²) in [6.45, 7) is 4.64. The molecule has 0 heterocycles. The van der Waals surface area contributed by atoms with Gasteiger partial charge in [0.25, 0.3) is 0 Å². The second kappa shape index (κ2) is 8.37. The zero-order valence-corrected chi connectivity index (χ0v) is 11.5. The van der Waals surface area contributed by atoms with E-state index in [2.05, 4.69) is 4.90 Å². The van der Waals surface area contributed by atoms with Crippen molar-refractivity contribution >= 4 is 5.97 Å². The summed E-state index contributed by atoms with van der Waals surface area (Å²) in [7, 11) is 1.62. The lowest BCUT2D eigenvalue weighted by Crippen LogP contribution is -2.30. The van der Waals surface area contributed by atoms with Crippen LogP contribution < -0.4 is 9.47 Å². The fourth-order valence-electron chi connectivity index (χ4n) is 1.65. The lowest BCUT2D eigenvalue weighted by Gasteiger charge is -2.19. The molecule has 0 aliphatic heterocycles. The van der Waals surface area contributed by atoms with E-state index in [1.54, 1.807) is 7.11 Å². The zero-order valence-electron chi connectivity index (χ0n) is 11.5. The molecule has 0 radical (unpaired) electrons. The summed E-state index contributed by atoms with van der Waals surface area (Å²) in [4.78, 5) is 12.6. The van der Waals surface area contributed by atoms with Gasteiger partial charge in [0.1, 0.15) is 18.1 Å². The number of ether oxygens (including phenoxy) is 2. The Kier molecular flexibility index (Phi) is 6.74. The summed E-state index contributed by atoms with van der Waals surface area (Å²) in [5.74, 6) is 0.814. The summed E-state index contributed by atoms with van der Waals surface area (Å²) >= 11 is 0. The van der Waals surface area contributed by atoms with E-state index in [0.29, 0.717) is 13.2 Å². The number of hydrogen-bond acceptors (Lipinski definition) is 4. The summed E-state index contributed by atoms with van der Waals surface area (Å²) < 4.78 is 10.7. The molecule has 0 bridgehead atoms. The molecule has 0 aromatic heterocycles. The molecule has 5 nitrogen and oxygen atoms in total. The van der Waals surface area contributed by atoms with Crippen molar-refractivity contribution in [3.63, 3.8) is 0 Å². The maximum absolute atomic E-state index is 10.5. The van der Waals surface area contributed by atoms with Crippen LogP contribution in [0.5, 0.6) is 11.5 Å². The predicted octanol–water partition coefficient (Wildman–Crippen LogP) is 1.87. The van der Waals surface area contributed by atoms with Crippen molar-refractivity contribution in [1.82, 2.24) is 4.90 Å². The van der Waals surface area contributed by atoms with Gasteiger partial charge in [-0.1, -0.05) is 6.92 Å². The molecule has 0 spiro atoms. The van der Waals surface area contributed by atoms with Crippen LogP contribution in [0.25, 0.3) is 0 Å². The summed E-state index contributed by atoms with van der Waals surface area (Å²) in [6, 6.07) is 7.40. The van der Waals surface area contributed by atoms with Crippen LogP contribution in [0.4, 0.5) is 0 Å². The van der Waals surface area contributed by atoms with E-state index in [1.807, 2.05) is 31.2 Å². The molecular weight excluding hydrogens is 246 g/mol. The lowest BCUT2D eigenvalue weighted by molar-refractivity contribution is -0.137. The molecule has 19 heavy (non-hydrogen) atoms. The molecule has 0 unspecified atom stereocenters. The lowest BCUT2D eigenvalue weighted by atomic mass is 10.3. The maximum atomic E-state index is 10.5. The van der Waals surface area contributed by atoms with Crippen LogP contribution in [0.1, 0.15) is 13.3 Å². The van der Waals surface area contributed by atoms with Gasteiger partial charge >= 0.3 is 5.97 Å². The second-order valence-electron chi connectivity index (χ2n) is 4.10. The normalized spacial score (nSPS) is 10.5. The number of carbonyl (C=O) groups is 1. The molecule has 0 aliphatic carbocycles. The van der Waals surface area contributed by atoms with Crippen molar-refractivity contribution < 1.29 is 19.4 Å². The Bertz CT molecular complexity index is 378. The van der Waals surface area contributed by atoms with E-state index >= 15 is 0 Å². The van der Waals surface area contributed by atoms with Gasteiger partial charge in [-0.2, -0.15) is 0 Å². The van der Waals surface area contributed by atoms with Crippen LogP contribution in [0.2, 0.25) is 0 Å². The average Bonchev–Trinajstić information content (AvgIpc) is 2.43. The number of carboxylic acids is 1. The molecule has 0 saturated heterocycles. The van der Waals surface area contributed by atoms with Crippen LogP contribution in [0.15, 0.2) is 24.3 Å². The Morgan fingerprint density at radius 2 is 1.84 bits per heavy atom. The van der Waals surface area contributed by atoms with Gasteiger partial charge in [-0.05, 0) is 30.8 Å². The minimum Gasteiger partial charge on any atom is -0.497 e. The first kappa shape index (κ1) is 15.3. The molecule has 0 fully saturated rings. The Morgan fingerprint density at radius 1 is 1.21 bits per heavy atom. The Balaban J connectivity index is 2.28. The smallest absolute Gasteiger partial charge is 0.304 e. The van der Waals surface area contributed by atoms with Crippen LogP contribution >= 0.6 is 0 Å². The minimum atomic E-state index is -0.769. The van der Waals surface area contributed by atoms with Gasteiger partial charge in [0.15, 0.2) is 0 Å². The SMILES string of the molecule is CCN(CCOc1ccc(OC)cc1)CCC(=O)O. The van der Waals surface area contributed by atoms with Crippen molar-refractivity contribution in [1.29, 1.82) is 0 Å². The monoisotopic (exact) mass is 267 g/mol. The topological polar surface area (TPSA) is 59.0 Å².